The topological polar surface area (TPSA) is 64.1 Å². The molecule has 0 fully saturated rings. The Labute approximate surface area is 175 Å². The summed E-state index contributed by atoms with van der Waals surface area (Å²) in [5, 5.41) is 7.49. The van der Waals surface area contributed by atoms with E-state index in [-0.39, 0.29) is 0 Å². The molecule has 2 aromatic carbocycles. The number of rotatable bonds is 7. The Morgan fingerprint density at radius 1 is 1.26 bits per heavy atom. The van der Waals surface area contributed by atoms with Gasteiger partial charge in [-0.1, -0.05) is 45.7 Å². The lowest BCUT2D eigenvalue weighted by Gasteiger charge is -2.15. The van der Waals surface area contributed by atoms with Crippen molar-refractivity contribution < 1.29 is 9.47 Å². The summed E-state index contributed by atoms with van der Waals surface area (Å²) in [6.07, 6.45) is 0. The van der Waals surface area contributed by atoms with E-state index in [0.717, 1.165) is 21.4 Å². The van der Waals surface area contributed by atoms with E-state index < -0.39 is 0 Å². The van der Waals surface area contributed by atoms with Crippen molar-refractivity contribution in [1.29, 1.82) is 0 Å². The largest absolute Gasteiger partial charge is 0.493 e. The predicted molar refractivity (Wildman–Crippen MR) is 112 cm³/mol. The third-order valence-corrected chi connectivity index (χ3v) is 5.32. The number of methoxy groups -OCH3 is 1. The number of aromatic amines is 1. The van der Waals surface area contributed by atoms with Crippen LogP contribution in [0, 0.1) is 11.7 Å². The highest BCUT2D eigenvalue weighted by molar-refractivity contribution is 9.10. The van der Waals surface area contributed by atoms with E-state index in [1.165, 1.54) is 0 Å². The molecule has 1 heterocycles. The van der Waals surface area contributed by atoms with E-state index in [9.17, 15) is 0 Å². The summed E-state index contributed by atoms with van der Waals surface area (Å²) >= 11 is 15.0. The third-order valence-electron chi connectivity index (χ3n) is 3.94. The molecule has 0 aliphatic heterocycles. The number of nitrogens with one attached hydrogen (secondary N) is 2. The molecule has 3 aromatic rings. The van der Waals surface area contributed by atoms with Crippen LogP contribution >= 0.6 is 39.7 Å². The van der Waals surface area contributed by atoms with Gasteiger partial charge in [-0.05, 0) is 42.9 Å². The van der Waals surface area contributed by atoms with Crippen molar-refractivity contribution in [2.75, 3.05) is 12.5 Å². The Morgan fingerprint density at radius 3 is 2.70 bits per heavy atom. The second-order valence-electron chi connectivity index (χ2n) is 5.72. The molecule has 2 N–H and O–H groups in total. The maximum atomic E-state index is 6.19. The second-order valence-corrected chi connectivity index (χ2v) is 7.37. The van der Waals surface area contributed by atoms with Gasteiger partial charge < -0.3 is 14.9 Å². The standard InChI is InChI=1S/C18H18BrClN4O2S/c1-11-22-23-18(27)24(11)21-9-13-7-16(25-2)17(8-14(13)19)26-10-12-5-3-4-6-15(12)20/h3-8,21H,9-10H2,1-2H3,(H,23,27). The molecule has 9 heteroatoms. The number of aromatic nitrogens is 3. The van der Waals surface area contributed by atoms with Gasteiger partial charge in [0, 0.05) is 15.1 Å². The summed E-state index contributed by atoms with van der Waals surface area (Å²) < 4.78 is 14.5. The average molecular weight is 470 g/mol. The fourth-order valence-corrected chi connectivity index (χ4v) is 3.38. The van der Waals surface area contributed by atoms with Crippen LogP contribution in [0.25, 0.3) is 0 Å². The van der Waals surface area contributed by atoms with Crippen LogP contribution in [0.5, 0.6) is 11.5 Å². The van der Waals surface area contributed by atoms with Crippen molar-refractivity contribution in [3.63, 3.8) is 0 Å². The SMILES string of the molecule is COc1cc(CNn2c(C)n[nH]c2=S)c(Br)cc1OCc1ccccc1Cl. The van der Waals surface area contributed by atoms with E-state index in [1.54, 1.807) is 11.8 Å². The quantitative estimate of drug-likeness (QED) is 0.477. The Bertz CT molecular complexity index is 1010. The normalized spacial score (nSPS) is 10.7. The summed E-state index contributed by atoms with van der Waals surface area (Å²) in [7, 11) is 1.61. The number of benzene rings is 2. The predicted octanol–water partition coefficient (Wildman–Crippen LogP) is 5.00. The third kappa shape index (κ3) is 4.63. The fraction of sp³-hybridized carbons (Fsp3) is 0.222. The Balaban J connectivity index is 1.76. The first-order valence-electron chi connectivity index (χ1n) is 8.10. The summed E-state index contributed by atoms with van der Waals surface area (Å²) in [6.45, 7) is 2.74. The van der Waals surface area contributed by atoms with Gasteiger partial charge in [0.2, 0.25) is 4.77 Å². The van der Waals surface area contributed by atoms with E-state index in [2.05, 4.69) is 31.6 Å². The van der Waals surface area contributed by atoms with Crippen molar-refractivity contribution >= 4 is 39.7 Å². The highest BCUT2D eigenvalue weighted by atomic mass is 79.9. The average Bonchev–Trinajstić information content (AvgIpc) is 2.98. The van der Waals surface area contributed by atoms with E-state index in [0.29, 0.717) is 34.4 Å². The lowest BCUT2D eigenvalue weighted by molar-refractivity contribution is 0.284. The molecule has 142 valence electrons. The summed E-state index contributed by atoms with van der Waals surface area (Å²) in [6, 6.07) is 11.4. The number of aryl methyl sites for hydroxylation is 1. The summed E-state index contributed by atoms with van der Waals surface area (Å²) in [5.41, 5.74) is 5.13. The highest BCUT2D eigenvalue weighted by Gasteiger charge is 2.12. The molecule has 1 aromatic heterocycles. The number of nitrogens with zero attached hydrogens (tertiary/aromatic N) is 2. The number of halogens is 2. The molecule has 0 radical (unpaired) electrons. The molecule has 0 amide bonds. The van der Waals surface area contributed by atoms with Gasteiger partial charge in [-0.2, -0.15) is 5.10 Å². The maximum Gasteiger partial charge on any atom is 0.214 e. The minimum absolute atomic E-state index is 0.351. The molecule has 27 heavy (non-hydrogen) atoms. The Hall–Kier alpha value is -2.03. The first-order chi connectivity index (χ1) is 13.0. The van der Waals surface area contributed by atoms with Gasteiger partial charge in [-0.15, -0.1) is 0 Å². The Morgan fingerprint density at radius 2 is 2.04 bits per heavy atom. The number of hydrogen-bond donors (Lipinski definition) is 2. The molecule has 0 bridgehead atoms. The van der Waals surface area contributed by atoms with Gasteiger partial charge in [0.1, 0.15) is 12.4 Å². The van der Waals surface area contributed by atoms with Crippen LogP contribution in [0.3, 0.4) is 0 Å². The van der Waals surface area contributed by atoms with E-state index in [4.69, 9.17) is 33.3 Å². The van der Waals surface area contributed by atoms with Crippen LogP contribution in [-0.2, 0) is 13.2 Å². The van der Waals surface area contributed by atoms with Crippen molar-refractivity contribution in [1.82, 2.24) is 14.9 Å². The Kier molecular flexibility index (Phi) is 6.41. The van der Waals surface area contributed by atoms with Crippen LogP contribution < -0.4 is 14.9 Å². The summed E-state index contributed by atoms with van der Waals surface area (Å²) in [4.78, 5) is 0. The molecule has 0 unspecified atom stereocenters. The van der Waals surface area contributed by atoms with Gasteiger partial charge in [0.25, 0.3) is 0 Å². The monoisotopic (exact) mass is 468 g/mol. The number of H-pyrrole nitrogens is 1. The van der Waals surface area contributed by atoms with E-state index in [1.807, 2.05) is 43.3 Å². The molecule has 0 saturated carbocycles. The van der Waals surface area contributed by atoms with Crippen molar-refractivity contribution in [2.45, 2.75) is 20.1 Å². The number of hydrogen-bond acceptors (Lipinski definition) is 5. The van der Waals surface area contributed by atoms with Gasteiger partial charge in [-0.3, -0.25) is 5.10 Å². The molecule has 0 spiro atoms. The second kappa shape index (κ2) is 8.77. The molecule has 0 atom stereocenters. The zero-order valence-electron chi connectivity index (χ0n) is 14.8. The van der Waals surface area contributed by atoms with Crippen LogP contribution in [-0.4, -0.2) is 22.0 Å². The minimum Gasteiger partial charge on any atom is -0.493 e. The smallest absolute Gasteiger partial charge is 0.214 e. The van der Waals surface area contributed by atoms with Crippen molar-refractivity contribution in [3.05, 3.63) is 67.6 Å². The molecular weight excluding hydrogens is 452 g/mol. The summed E-state index contributed by atoms with van der Waals surface area (Å²) in [5.74, 6) is 2.02. The molecule has 6 nitrogen and oxygen atoms in total. The molecule has 0 aliphatic rings. The van der Waals surface area contributed by atoms with Gasteiger partial charge in [0.15, 0.2) is 11.5 Å². The van der Waals surface area contributed by atoms with Gasteiger partial charge in [0.05, 0.1) is 13.7 Å². The minimum atomic E-state index is 0.351. The molecule has 3 rings (SSSR count). The molecular formula is C18H18BrClN4O2S. The zero-order valence-corrected chi connectivity index (χ0v) is 17.9. The van der Waals surface area contributed by atoms with Crippen LogP contribution in [0.1, 0.15) is 17.0 Å². The lowest BCUT2D eigenvalue weighted by atomic mass is 10.2. The highest BCUT2D eigenvalue weighted by Crippen LogP contribution is 2.34. The van der Waals surface area contributed by atoms with E-state index >= 15 is 0 Å². The van der Waals surface area contributed by atoms with Gasteiger partial charge >= 0.3 is 0 Å². The molecule has 0 aliphatic carbocycles. The maximum absolute atomic E-state index is 6.19. The first-order valence-corrected chi connectivity index (χ1v) is 9.68. The van der Waals surface area contributed by atoms with Crippen molar-refractivity contribution in [2.24, 2.45) is 0 Å². The van der Waals surface area contributed by atoms with Crippen LogP contribution in [0.4, 0.5) is 0 Å². The number of ether oxygens (including phenoxy) is 2. The molecule has 0 saturated heterocycles. The first kappa shape index (κ1) is 19.7. The zero-order chi connectivity index (χ0) is 19.4. The van der Waals surface area contributed by atoms with Crippen molar-refractivity contribution in [3.8, 4) is 11.5 Å². The van der Waals surface area contributed by atoms with Gasteiger partial charge in [-0.25, -0.2) is 4.68 Å². The van der Waals surface area contributed by atoms with Crippen LogP contribution in [0.15, 0.2) is 40.9 Å². The lowest BCUT2D eigenvalue weighted by Crippen LogP contribution is -2.16. The van der Waals surface area contributed by atoms with Crippen LogP contribution in [0.2, 0.25) is 5.02 Å². The fourth-order valence-electron chi connectivity index (χ4n) is 2.48.